The second-order valence-corrected chi connectivity index (χ2v) is 2.57. The fourth-order valence-corrected chi connectivity index (χ4v) is 1.03. The molecule has 1 N–H and O–H groups in total. The third kappa shape index (κ3) is 2.64. The fraction of sp³-hybridized carbons (Fsp3) is 0.625. The van der Waals surface area contributed by atoms with E-state index in [1.165, 1.54) is 0 Å². The van der Waals surface area contributed by atoms with Crippen LogP contribution in [0, 0.1) is 0 Å². The van der Waals surface area contributed by atoms with E-state index in [9.17, 15) is 0 Å². The Morgan fingerprint density at radius 2 is 2.50 bits per heavy atom. The lowest BCUT2D eigenvalue weighted by Gasteiger charge is -2.16. The largest absolute Gasteiger partial charge is 0.395 e. The Morgan fingerprint density at radius 1 is 1.67 bits per heavy atom. The van der Waals surface area contributed by atoms with E-state index in [4.69, 9.17) is 9.63 Å². The molecule has 4 nitrogen and oxygen atoms in total. The monoisotopic (exact) mass is 170 g/mol. The first-order valence-corrected chi connectivity index (χ1v) is 4.09. The first kappa shape index (κ1) is 9.22. The maximum atomic E-state index is 8.71. The third-order valence-corrected chi connectivity index (χ3v) is 1.73. The van der Waals surface area contributed by atoms with Gasteiger partial charge in [-0.3, -0.25) is 4.90 Å². The predicted molar refractivity (Wildman–Crippen MR) is 44.5 cm³/mol. The number of nitrogens with zero attached hydrogens (tertiary/aromatic N) is 2. The molecule has 0 radical (unpaired) electrons. The second kappa shape index (κ2) is 4.90. The highest BCUT2D eigenvalue weighted by Gasteiger charge is 2.04. The molecule has 0 aliphatic rings. The molecule has 1 aromatic heterocycles. The molecule has 68 valence electrons. The number of aliphatic hydroxyl groups is 1. The highest BCUT2D eigenvalue weighted by molar-refractivity contribution is 4.92. The molecule has 1 aromatic rings. The van der Waals surface area contributed by atoms with Gasteiger partial charge in [0.2, 0.25) is 0 Å². The summed E-state index contributed by atoms with van der Waals surface area (Å²) in [6.07, 6.45) is 1.63. The maximum absolute atomic E-state index is 8.71. The number of hydrogen-bond donors (Lipinski definition) is 1. The average molecular weight is 170 g/mol. The third-order valence-electron chi connectivity index (χ3n) is 1.73. The number of hydrogen-bond acceptors (Lipinski definition) is 4. The molecule has 0 aliphatic heterocycles. The van der Waals surface area contributed by atoms with Crippen LogP contribution in [0.25, 0.3) is 0 Å². The fourth-order valence-electron chi connectivity index (χ4n) is 1.03. The lowest BCUT2D eigenvalue weighted by atomic mass is 10.4. The van der Waals surface area contributed by atoms with E-state index in [0.717, 1.165) is 18.8 Å². The van der Waals surface area contributed by atoms with Crippen molar-refractivity contribution in [1.82, 2.24) is 10.1 Å². The Hall–Kier alpha value is -0.870. The van der Waals surface area contributed by atoms with Gasteiger partial charge in [-0.15, -0.1) is 0 Å². The van der Waals surface area contributed by atoms with Crippen molar-refractivity contribution in [1.29, 1.82) is 0 Å². The van der Waals surface area contributed by atoms with Crippen LogP contribution < -0.4 is 0 Å². The number of aliphatic hydroxyl groups excluding tert-OH is 1. The lowest BCUT2D eigenvalue weighted by Crippen LogP contribution is -2.25. The summed E-state index contributed by atoms with van der Waals surface area (Å²) in [5.74, 6) is 0.838. The predicted octanol–water partition coefficient (Wildman–Crippen LogP) is 0.489. The molecular formula is C8H14N2O2. The van der Waals surface area contributed by atoms with E-state index in [2.05, 4.69) is 10.1 Å². The molecule has 0 spiro atoms. The van der Waals surface area contributed by atoms with E-state index in [1.54, 1.807) is 6.20 Å². The van der Waals surface area contributed by atoms with Crippen LogP contribution in [-0.4, -0.2) is 34.9 Å². The van der Waals surface area contributed by atoms with Crippen LogP contribution in [0.1, 0.15) is 12.7 Å². The number of aromatic nitrogens is 1. The topological polar surface area (TPSA) is 49.5 Å². The highest BCUT2D eigenvalue weighted by Crippen LogP contribution is 2.01. The first-order valence-electron chi connectivity index (χ1n) is 4.09. The number of rotatable bonds is 5. The summed E-state index contributed by atoms with van der Waals surface area (Å²) in [6, 6.07) is 1.83. The van der Waals surface area contributed by atoms with Gasteiger partial charge in [-0.25, -0.2) is 0 Å². The summed E-state index contributed by atoms with van der Waals surface area (Å²) in [5, 5.41) is 12.3. The minimum Gasteiger partial charge on any atom is -0.395 e. The molecule has 0 unspecified atom stereocenters. The Labute approximate surface area is 71.8 Å². The minimum atomic E-state index is 0.183. The molecular weight excluding hydrogens is 156 g/mol. The van der Waals surface area contributed by atoms with Gasteiger partial charge in [0.05, 0.1) is 19.3 Å². The van der Waals surface area contributed by atoms with Crippen molar-refractivity contribution in [2.75, 3.05) is 19.7 Å². The molecule has 0 bridgehead atoms. The van der Waals surface area contributed by atoms with Crippen LogP contribution in [0.4, 0.5) is 0 Å². The van der Waals surface area contributed by atoms with E-state index in [-0.39, 0.29) is 6.61 Å². The van der Waals surface area contributed by atoms with E-state index < -0.39 is 0 Å². The van der Waals surface area contributed by atoms with Crippen molar-refractivity contribution in [3.05, 3.63) is 18.0 Å². The molecule has 12 heavy (non-hydrogen) atoms. The van der Waals surface area contributed by atoms with Gasteiger partial charge in [0, 0.05) is 12.6 Å². The molecule has 0 atom stereocenters. The quantitative estimate of drug-likeness (QED) is 0.698. The molecule has 4 heteroatoms. The highest BCUT2D eigenvalue weighted by atomic mass is 16.5. The van der Waals surface area contributed by atoms with Gasteiger partial charge in [0.25, 0.3) is 0 Å². The summed E-state index contributed by atoms with van der Waals surface area (Å²) in [7, 11) is 0. The molecule has 0 saturated heterocycles. The molecule has 0 amide bonds. The SMILES string of the molecule is CCN(CCO)Cc1ccno1. The van der Waals surface area contributed by atoms with Gasteiger partial charge in [-0.2, -0.15) is 0 Å². The van der Waals surface area contributed by atoms with Crippen LogP contribution in [0.3, 0.4) is 0 Å². The lowest BCUT2D eigenvalue weighted by molar-refractivity contribution is 0.182. The zero-order chi connectivity index (χ0) is 8.81. The van der Waals surface area contributed by atoms with Crippen molar-refractivity contribution in [2.45, 2.75) is 13.5 Å². The van der Waals surface area contributed by atoms with Crippen molar-refractivity contribution >= 4 is 0 Å². The van der Waals surface area contributed by atoms with E-state index in [0.29, 0.717) is 6.54 Å². The first-order chi connectivity index (χ1) is 5.86. The molecule has 0 fully saturated rings. The zero-order valence-corrected chi connectivity index (χ0v) is 7.23. The van der Waals surface area contributed by atoms with Crippen LogP contribution in [0.5, 0.6) is 0 Å². The van der Waals surface area contributed by atoms with Gasteiger partial charge in [0.1, 0.15) is 0 Å². The summed E-state index contributed by atoms with van der Waals surface area (Å²) in [4.78, 5) is 2.08. The number of likely N-dealkylation sites (N-methyl/N-ethyl adjacent to an activating group) is 1. The van der Waals surface area contributed by atoms with Crippen molar-refractivity contribution in [3.63, 3.8) is 0 Å². The standard InChI is InChI=1S/C8H14N2O2/c1-2-10(5-6-11)7-8-3-4-9-12-8/h3-4,11H,2,5-7H2,1H3. The van der Waals surface area contributed by atoms with Gasteiger partial charge in [0.15, 0.2) is 5.76 Å². The van der Waals surface area contributed by atoms with Gasteiger partial charge >= 0.3 is 0 Å². The van der Waals surface area contributed by atoms with Gasteiger partial charge in [-0.05, 0) is 6.54 Å². The Bertz CT molecular complexity index is 199. The Morgan fingerprint density at radius 3 is 3.00 bits per heavy atom. The van der Waals surface area contributed by atoms with Crippen molar-refractivity contribution in [2.24, 2.45) is 0 Å². The summed E-state index contributed by atoms with van der Waals surface area (Å²) >= 11 is 0. The Balaban J connectivity index is 2.37. The van der Waals surface area contributed by atoms with Crippen LogP contribution in [0.2, 0.25) is 0 Å². The average Bonchev–Trinajstić information content (AvgIpc) is 2.56. The summed E-state index contributed by atoms with van der Waals surface area (Å²) < 4.78 is 4.94. The Kier molecular flexibility index (Phi) is 3.76. The van der Waals surface area contributed by atoms with Gasteiger partial charge < -0.3 is 9.63 Å². The smallest absolute Gasteiger partial charge is 0.150 e. The molecule has 1 rings (SSSR count). The van der Waals surface area contributed by atoms with E-state index in [1.807, 2.05) is 13.0 Å². The van der Waals surface area contributed by atoms with Crippen LogP contribution in [-0.2, 0) is 6.54 Å². The molecule has 0 aliphatic carbocycles. The van der Waals surface area contributed by atoms with E-state index >= 15 is 0 Å². The summed E-state index contributed by atoms with van der Waals surface area (Å²) in [5.41, 5.74) is 0. The maximum Gasteiger partial charge on any atom is 0.150 e. The zero-order valence-electron chi connectivity index (χ0n) is 7.23. The normalized spacial score (nSPS) is 10.9. The van der Waals surface area contributed by atoms with Gasteiger partial charge in [-0.1, -0.05) is 12.1 Å². The molecule has 1 heterocycles. The minimum absolute atomic E-state index is 0.183. The second-order valence-electron chi connectivity index (χ2n) is 2.57. The molecule has 0 aromatic carbocycles. The van der Waals surface area contributed by atoms with Crippen molar-refractivity contribution < 1.29 is 9.63 Å². The van der Waals surface area contributed by atoms with Crippen molar-refractivity contribution in [3.8, 4) is 0 Å². The molecule has 0 saturated carbocycles. The van der Waals surface area contributed by atoms with Crippen LogP contribution in [0.15, 0.2) is 16.8 Å². The van der Waals surface area contributed by atoms with Crippen LogP contribution >= 0.6 is 0 Å². The summed E-state index contributed by atoms with van der Waals surface area (Å²) in [6.45, 7) is 4.53.